The SMILES string of the molecule is Cc1cc(C)c(OC(=O)N(Cc2cc(Cl)ccc2F)c2ccnc(Nc3ccc(OCCCN4CCN(C)CC4)c(F)c3)n2)c(C)c1. The maximum Gasteiger partial charge on any atom is 0.421 e. The second-order valence-electron chi connectivity index (χ2n) is 11.8. The molecule has 2 heterocycles. The summed E-state index contributed by atoms with van der Waals surface area (Å²) in [4.78, 5) is 28.3. The summed E-state index contributed by atoms with van der Waals surface area (Å²) >= 11 is 6.14. The number of carbonyl (C=O) groups is 1. The molecule has 1 aliphatic rings. The molecular formula is C35H39ClF2N6O3. The predicted molar refractivity (Wildman–Crippen MR) is 180 cm³/mol. The van der Waals surface area contributed by atoms with Gasteiger partial charge in [-0.1, -0.05) is 29.3 Å². The lowest BCUT2D eigenvalue weighted by Crippen LogP contribution is -2.44. The molecule has 0 unspecified atom stereocenters. The molecule has 1 N–H and O–H groups in total. The lowest BCUT2D eigenvalue weighted by atomic mass is 10.1. The van der Waals surface area contributed by atoms with Gasteiger partial charge in [-0.3, -0.25) is 4.90 Å². The minimum atomic E-state index is -0.774. The van der Waals surface area contributed by atoms with E-state index in [1.165, 1.54) is 41.4 Å². The van der Waals surface area contributed by atoms with Crippen molar-refractivity contribution in [3.05, 3.63) is 99.7 Å². The van der Waals surface area contributed by atoms with Gasteiger partial charge in [-0.15, -0.1) is 0 Å². The molecule has 1 amide bonds. The third-order valence-corrected chi connectivity index (χ3v) is 8.16. The minimum absolute atomic E-state index is 0.0924. The standard InChI is InChI=1S/C35H39ClF2N6O3/c1-23-18-24(2)33(25(3)19-23)47-35(45)44(22-26-20-27(36)6-8-29(26)37)32-10-11-39-34(41-32)40-28-7-9-31(30(38)21-28)46-17-5-12-43-15-13-42(4)14-16-43/h6-11,18-21H,5,12-17,22H2,1-4H3,(H,39,40,41). The molecule has 5 rings (SSSR count). The van der Waals surface area contributed by atoms with Crippen LogP contribution in [0.25, 0.3) is 0 Å². The van der Waals surface area contributed by atoms with Crippen molar-refractivity contribution in [3.63, 3.8) is 0 Å². The highest BCUT2D eigenvalue weighted by Crippen LogP contribution is 2.28. The van der Waals surface area contributed by atoms with E-state index in [0.717, 1.165) is 55.8 Å². The molecule has 248 valence electrons. The quantitative estimate of drug-likeness (QED) is 0.167. The van der Waals surface area contributed by atoms with Crippen molar-refractivity contribution in [2.75, 3.05) is 56.6 Å². The molecule has 0 spiro atoms. The van der Waals surface area contributed by atoms with Gasteiger partial charge in [0.15, 0.2) is 11.6 Å². The minimum Gasteiger partial charge on any atom is -0.490 e. The predicted octanol–water partition coefficient (Wildman–Crippen LogP) is 7.30. The first kappa shape index (κ1) is 34.0. The summed E-state index contributed by atoms with van der Waals surface area (Å²) in [6, 6.07) is 13.9. The van der Waals surface area contributed by atoms with Gasteiger partial charge in [0.05, 0.1) is 13.2 Å². The summed E-state index contributed by atoms with van der Waals surface area (Å²) in [6.07, 6.45) is 1.46. The number of amides is 1. The van der Waals surface area contributed by atoms with Crippen LogP contribution in [0.2, 0.25) is 5.02 Å². The Hall–Kier alpha value is -4.32. The molecule has 1 aromatic heterocycles. The van der Waals surface area contributed by atoms with Gasteiger partial charge in [-0.2, -0.15) is 4.98 Å². The summed E-state index contributed by atoms with van der Waals surface area (Å²) in [7, 11) is 2.12. The highest BCUT2D eigenvalue weighted by Gasteiger charge is 2.24. The molecule has 1 aliphatic heterocycles. The number of nitrogens with zero attached hydrogens (tertiary/aromatic N) is 5. The molecule has 0 saturated carbocycles. The van der Waals surface area contributed by atoms with Crippen LogP contribution < -0.4 is 19.7 Å². The zero-order chi connectivity index (χ0) is 33.5. The normalized spacial score (nSPS) is 13.8. The molecule has 9 nitrogen and oxygen atoms in total. The van der Waals surface area contributed by atoms with Gasteiger partial charge in [0.1, 0.15) is 17.4 Å². The highest BCUT2D eigenvalue weighted by molar-refractivity contribution is 6.30. The first-order chi connectivity index (χ1) is 22.5. The van der Waals surface area contributed by atoms with Crippen LogP contribution in [0.4, 0.5) is 31.0 Å². The average molecular weight is 665 g/mol. The zero-order valence-electron chi connectivity index (χ0n) is 27.0. The van der Waals surface area contributed by atoms with Crippen molar-refractivity contribution >= 4 is 35.1 Å². The number of aromatic nitrogens is 2. The second kappa shape index (κ2) is 15.5. The number of hydrogen-bond acceptors (Lipinski definition) is 8. The molecule has 47 heavy (non-hydrogen) atoms. The number of anilines is 3. The van der Waals surface area contributed by atoms with E-state index < -0.39 is 17.7 Å². The number of nitrogens with one attached hydrogen (secondary N) is 1. The number of rotatable bonds is 11. The first-order valence-electron chi connectivity index (χ1n) is 15.5. The monoisotopic (exact) mass is 664 g/mol. The van der Waals surface area contributed by atoms with Crippen LogP contribution in [-0.4, -0.2) is 72.2 Å². The number of hydrogen-bond donors (Lipinski definition) is 1. The van der Waals surface area contributed by atoms with Crippen molar-refractivity contribution in [1.29, 1.82) is 0 Å². The van der Waals surface area contributed by atoms with E-state index in [2.05, 4.69) is 32.1 Å². The summed E-state index contributed by atoms with van der Waals surface area (Å²) in [5.41, 5.74) is 3.13. The number of benzene rings is 3. The van der Waals surface area contributed by atoms with Crippen LogP contribution in [0.3, 0.4) is 0 Å². The lowest BCUT2D eigenvalue weighted by molar-refractivity contribution is 0.145. The molecule has 0 atom stereocenters. The Morgan fingerprint density at radius 3 is 2.45 bits per heavy atom. The fraction of sp³-hybridized carbons (Fsp3) is 0.343. The largest absolute Gasteiger partial charge is 0.490 e. The third kappa shape index (κ3) is 9.15. The number of carbonyl (C=O) groups excluding carboxylic acids is 1. The number of piperazine rings is 1. The molecule has 0 aliphatic carbocycles. The van der Waals surface area contributed by atoms with Crippen LogP contribution in [0, 0.1) is 32.4 Å². The van der Waals surface area contributed by atoms with Crippen molar-refractivity contribution in [3.8, 4) is 11.5 Å². The van der Waals surface area contributed by atoms with Gasteiger partial charge in [0, 0.05) is 61.3 Å². The Balaban J connectivity index is 1.30. The number of ether oxygens (including phenoxy) is 2. The molecule has 1 fully saturated rings. The number of halogens is 3. The molecule has 0 radical (unpaired) electrons. The fourth-order valence-corrected chi connectivity index (χ4v) is 5.67. The van der Waals surface area contributed by atoms with Crippen molar-refractivity contribution in [1.82, 2.24) is 19.8 Å². The van der Waals surface area contributed by atoms with Gasteiger partial charge in [-0.05, 0) is 81.8 Å². The Labute approximate surface area is 279 Å². The molecule has 3 aromatic carbocycles. The molecule has 1 saturated heterocycles. The topological polar surface area (TPSA) is 83.1 Å². The van der Waals surface area contributed by atoms with Gasteiger partial charge in [0.2, 0.25) is 5.95 Å². The van der Waals surface area contributed by atoms with Crippen LogP contribution in [0.15, 0.2) is 60.8 Å². The van der Waals surface area contributed by atoms with Gasteiger partial charge in [-0.25, -0.2) is 18.6 Å². The summed E-state index contributed by atoms with van der Waals surface area (Å²) in [6.45, 7) is 10.9. The highest BCUT2D eigenvalue weighted by atomic mass is 35.5. The Bertz CT molecular complexity index is 1690. The number of aryl methyl sites for hydroxylation is 3. The molecular weight excluding hydrogens is 626 g/mol. The lowest BCUT2D eigenvalue weighted by Gasteiger charge is -2.32. The van der Waals surface area contributed by atoms with Crippen molar-refractivity contribution < 1.29 is 23.0 Å². The van der Waals surface area contributed by atoms with Crippen molar-refractivity contribution in [2.24, 2.45) is 0 Å². The second-order valence-corrected chi connectivity index (χ2v) is 12.2. The smallest absolute Gasteiger partial charge is 0.421 e. The van der Waals surface area contributed by atoms with Gasteiger partial charge >= 0.3 is 6.09 Å². The molecule has 0 bridgehead atoms. The Morgan fingerprint density at radius 2 is 1.72 bits per heavy atom. The van der Waals surface area contributed by atoms with Gasteiger partial charge < -0.3 is 24.6 Å². The van der Waals surface area contributed by atoms with E-state index in [4.69, 9.17) is 21.1 Å². The van der Waals surface area contributed by atoms with Gasteiger partial charge in [0.25, 0.3) is 0 Å². The van der Waals surface area contributed by atoms with E-state index in [1.807, 2.05) is 32.9 Å². The van der Waals surface area contributed by atoms with Crippen LogP contribution in [0.1, 0.15) is 28.7 Å². The Morgan fingerprint density at radius 1 is 0.979 bits per heavy atom. The molecule has 12 heteroatoms. The Kier molecular flexibility index (Phi) is 11.2. The first-order valence-corrected chi connectivity index (χ1v) is 15.9. The zero-order valence-corrected chi connectivity index (χ0v) is 27.8. The summed E-state index contributed by atoms with van der Waals surface area (Å²) in [5, 5.41) is 3.29. The maximum atomic E-state index is 15.0. The van der Waals surface area contributed by atoms with E-state index in [-0.39, 0.29) is 29.6 Å². The van der Waals surface area contributed by atoms with Crippen LogP contribution in [-0.2, 0) is 6.54 Å². The van der Waals surface area contributed by atoms with E-state index >= 15 is 0 Å². The van der Waals surface area contributed by atoms with Crippen LogP contribution in [0.5, 0.6) is 11.5 Å². The average Bonchev–Trinajstić information content (AvgIpc) is 3.03. The third-order valence-electron chi connectivity index (χ3n) is 7.93. The molecule has 4 aromatic rings. The van der Waals surface area contributed by atoms with E-state index in [1.54, 1.807) is 12.1 Å². The number of likely N-dealkylation sites (N-methyl/N-ethyl adjacent to an activating group) is 1. The fourth-order valence-electron chi connectivity index (χ4n) is 5.47. The summed E-state index contributed by atoms with van der Waals surface area (Å²) < 4.78 is 41.3. The summed E-state index contributed by atoms with van der Waals surface area (Å²) in [5.74, 6) is -0.287. The van der Waals surface area contributed by atoms with Crippen molar-refractivity contribution in [2.45, 2.75) is 33.7 Å². The van der Waals surface area contributed by atoms with E-state index in [9.17, 15) is 13.6 Å². The van der Waals surface area contributed by atoms with Crippen LogP contribution >= 0.6 is 11.6 Å². The maximum absolute atomic E-state index is 15.0. The van der Waals surface area contributed by atoms with E-state index in [0.29, 0.717) is 23.1 Å².